The van der Waals surface area contributed by atoms with E-state index in [9.17, 15) is 22.4 Å². The molecule has 15 heavy (non-hydrogen) atoms. The highest BCUT2D eigenvalue weighted by molar-refractivity contribution is 5.84. The van der Waals surface area contributed by atoms with E-state index in [4.69, 9.17) is 0 Å². The van der Waals surface area contributed by atoms with Crippen molar-refractivity contribution >= 4 is 5.91 Å². The average Bonchev–Trinajstić information content (AvgIpc) is 2.01. The molecule has 1 unspecified atom stereocenters. The van der Waals surface area contributed by atoms with Crippen molar-refractivity contribution in [3.8, 4) is 0 Å². The monoisotopic (exact) mass is 230 g/mol. The summed E-state index contributed by atoms with van der Waals surface area (Å²) in [5.74, 6) is -6.56. The first kappa shape index (κ1) is 14.2. The van der Waals surface area contributed by atoms with Crippen molar-refractivity contribution in [2.24, 2.45) is 0 Å². The Hall–Kier alpha value is -0.850. The second-order valence-corrected chi connectivity index (χ2v) is 3.56. The van der Waals surface area contributed by atoms with E-state index in [-0.39, 0.29) is 0 Å². The highest BCUT2D eigenvalue weighted by Crippen LogP contribution is 2.22. The summed E-state index contributed by atoms with van der Waals surface area (Å²) in [5, 5.41) is 1.82. The summed E-state index contributed by atoms with van der Waals surface area (Å²) in [6.07, 6.45) is -3.98. The molecule has 0 aromatic carbocycles. The Morgan fingerprint density at radius 3 is 2.20 bits per heavy atom. The van der Waals surface area contributed by atoms with Crippen LogP contribution in [0.3, 0.4) is 0 Å². The molecule has 1 amide bonds. The number of hydrogen-bond donors (Lipinski definition) is 1. The predicted octanol–water partition coefficient (Wildman–Crippen LogP) is 0.953. The van der Waals surface area contributed by atoms with Crippen molar-refractivity contribution < 1.29 is 22.4 Å². The van der Waals surface area contributed by atoms with Crippen LogP contribution in [-0.4, -0.2) is 49.8 Å². The van der Waals surface area contributed by atoms with E-state index in [2.05, 4.69) is 0 Å². The van der Waals surface area contributed by atoms with Gasteiger partial charge in [-0.1, -0.05) is 0 Å². The van der Waals surface area contributed by atoms with Gasteiger partial charge in [-0.05, 0) is 21.0 Å². The molecule has 0 spiro atoms. The summed E-state index contributed by atoms with van der Waals surface area (Å²) in [4.78, 5) is 12.4. The molecular formula is C8H14F4N2O. The minimum atomic E-state index is -4.62. The highest BCUT2D eigenvalue weighted by Gasteiger charge is 2.49. The molecule has 0 aliphatic carbocycles. The minimum Gasteiger partial charge on any atom is -0.347 e. The van der Waals surface area contributed by atoms with Gasteiger partial charge in [-0.2, -0.15) is 8.78 Å². The van der Waals surface area contributed by atoms with Crippen molar-refractivity contribution in [1.29, 1.82) is 0 Å². The van der Waals surface area contributed by atoms with Gasteiger partial charge in [-0.3, -0.25) is 4.79 Å². The molecular weight excluding hydrogens is 216 g/mol. The van der Waals surface area contributed by atoms with E-state index in [0.29, 0.717) is 6.54 Å². The van der Waals surface area contributed by atoms with Crippen LogP contribution in [0.5, 0.6) is 0 Å². The Morgan fingerprint density at radius 2 is 1.87 bits per heavy atom. The van der Waals surface area contributed by atoms with Crippen LogP contribution in [0.2, 0.25) is 0 Å². The number of alkyl halides is 4. The summed E-state index contributed by atoms with van der Waals surface area (Å²) in [5.41, 5.74) is 0. The Morgan fingerprint density at radius 1 is 1.40 bits per heavy atom. The summed E-state index contributed by atoms with van der Waals surface area (Å²) in [6.45, 7) is 1.75. The van der Waals surface area contributed by atoms with Crippen LogP contribution in [0, 0.1) is 0 Å². The molecule has 0 fully saturated rings. The number of nitrogens with one attached hydrogen (secondary N) is 1. The summed E-state index contributed by atoms with van der Waals surface area (Å²) in [7, 11) is 3.35. The summed E-state index contributed by atoms with van der Waals surface area (Å²) in [6, 6.07) is -0.614. The Kier molecular flexibility index (Phi) is 4.99. The van der Waals surface area contributed by atoms with Crippen LogP contribution in [0.25, 0.3) is 0 Å². The van der Waals surface area contributed by atoms with Gasteiger partial charge in [0.1, 0.15) is 0 Å². The number of amides is 1. The molecule has 0 aromatic heterocycles. The second kappa shape index (κ2) is 5.29. The van der Waals surface area contributed by atoms with Crippen molar-refractivity contribution in [1.82, 2.24) is 10.2 Å². The van der Waals surface area contributed by atoms with Crippen LogP contribution in [-0.2, 0) is 4.79 Å². The van der Waals surface area contributed by atoms with Crippen LogP contribution < -0.4 is 5.32 Å². The molecule has 0 aliphatic rings. The molecule has 0 heterocycles. The largest absolute Gasteiger partial charge is 0.383 e. The van der Waals surface area contributed by atoms with Crippen molar-refractivity contribution in [3.63, 3.8) is 0 Å². The zero-order valence-electron chi connectivity index (χ0n) is 8.73. The van der Waals surface area contributed by atoms with E-state index in [1.807, 2.05) is 5.32 Å². The molecule has 0 aliphatic heterocycles. The third kappa shape index (κ3) is 4.46. The first-order valence-corrected chi connectivity index (χ1v) is 4.29. The van der Waals surface area contributed by atoms with Crippen LogP contribution in [0.4, 0.5) is 17.6 Å². The number of carbonyl (C=O) groups excluding carboxylic acids is 1. The van der Waals surface area contributed by atoms with Gasteiger partial charge in [0.15, 0.2) is 0 Å². The molecule has 0 saturated heterocycles. The normalized spacial score (nSPS) is 14.5. The Labute approximate surface area is 85.4 Å². The molecule has 3 nitrogen and oxygen atoms in total. The quantitative estimate of drug-likeness (QED) is 0.713. The fourth-order valence-corrected chi connectivity index (χ4v) is 1.01. The molecule has 90 valence electrons. The number of rotatable bonds is 5. The molecule has 0 radical (unpaired) electrons. The topological polar surface area (TPSA) is 32.3 Å². The number of nitrogens with zero attached hydrogens (tertiary/aromatic N) is 1. The molecule has 1 atom stereocenters. The highest BCUT2D eigenvalue weighted by atomic mass is 19.3. The lowest BCUT2D eigenvalue weighted by Crippen LogP contribution is -2.50. The van der Waals surface area contributed by atoms with E-state index < -0.39 is 24.3 Å². The van der Waals surface area contributed by atoms with E-state index in [0.717, 1.165) is 0 Å². The fraction of sp³-hybridized carbons (Fsp3) is 0.875. The van der Waals surface area contributed by atoms with Gasteiger partial charge in [0.05, 0.1) is 0 Å². The minimum absolute atomic E-state index is 0.297. The van der Waals surface area contributed by atoms with Crippen molar-refractivity contribution in [2.45, 2.75) is 25.3 Å². The first-order valence-electron chi connectivity index (χ1n) is 4.29. The van der Waals surface area contributed by atoms with Crippen LogP contribution in [0.15, 0.2) is 0 Å². The number of likely N-dealkylation sites (N-methyl/N-ethyl adjacent to an activating group) is 1. The maximum absolute atomic E-state index is 12.5. The third-order valence-corrected chi connectivity index (χ3v) is 1.59. The molecule has 1 N–H and O–H groups in total. The SMILES string of the molecule is CC(CN(C)C)NC(=O)C(F)(F)C(F)F. The standard InChI is InChI=1S/C8H14F4N2O/c1-5(4-14(2)3)13-7(15)8(11,12)6(9)10/h5-6H,4H2,1-3H3,(H,13,15). The van der Waals surface area contributed by atoms with Gasteiger partial charge in [0.25, 0.3) is 5.91 Å². The molecule has 0 rings (SSSR count). The Bertz CT molecular complexity index is 221. The van der Waals surface area contributed by atoms with E-state index in [1.165, 1.54) is 6.92 Å². The fourth-order valence-electron chi connectivity index (χ4n) is 1.01. The van der Waals surface area contributed by atoms with E-state index in [1.54, 1.807) is 19.0 Å². The smallest absolute Gasteiger partial charge is 0.347 e. The van der Waals surface area contributed by atoms with Gasteiger partial charge >= 0.3 is 12.3 Å². The maximum Gasteiger partial charge on any atom is 0.383 e. The van der Waals surface area contributed by atoms with Gasteiger partial charge in [0, 0.05) is 12.6 Å². The zero-order chi connectivity index (χ0) is 12.2. The van der Waals surface area contributed by atoms with Crippen molar-refractivity contribution in [3.05, 3.63) is 0 Å². The van der Waals surface area contributed by atoms with Crippen LogP contribution in [0.1, 0.15) is 6.92 Å². The predicted molar refractivity (Wildman–Crippen MR) is 47.1 cm³/mol. The molecule has 0 saturated carbocycles. The Balaban J connectivity index is 4.24. The number of carbonyl (C=O) groups is 1. The van der Waals surface area contributed by atoms with Gasteiger partial charge in [0.2, 0.25) is 0 Å². The van der Waals surface area contributed by atoms with Gasteiger partial charge < -0.3 is 10.2 Å². The summed E-state index contributed by atoms with van der Waals surface area (Å²) < 4.78 is 48.4. The first-order chi connectivity index (χ1) is 6.67. The van der Waals surface area contributed by atoms with Gasteiger partial charge in [-0.25, -0.2) is 8.78 Å². The zero-order valence-corrected chi connectivity index (χ0v) is 8.73. The molecule has 0 aromatic rings. The van der Waals surface area contributed by atoms with Crippen LogP contribution >= 0.6 is 0 Å². The lowest BCUT2D eigenvalue weighted by Gasteiger charge is -2.21. The lowest BCUT2D eigenvalue weighted by molar-refractivity contribution is -0.170. The van der Waals surface area contributed by atoms with E-state index >= 15 is 0 Å². The number of hydrogen-bond acceptors (Lipinski definition) is 2. The van der Waals surface area contributed by atoms with Gasteiger partial charge in [-0.15, -0.1) is 0 Å². The molecule has 0 bridgehead atoms. The maximum atomic E-state index is 12.5. The number of halogens is 4. The average molecular weight is 230 g/mol. The lowest BCUT2D eigenvalue weighted by atomic mass is 10.2. The second-order valence-electron chi connectivity index (χ2n) is 3.56. The third-order valence-electron chi connectivity index (χ3n) is 1.59. The summed E-state index contributed by atoms with van der Waals surface area (Å²) >= 11 is 0. The molecule has 7 heteroatoms. The van der Waals surface area contributed by atoms with Crippen molar-refractivity contribution in [2.75, 3.05) is 20.6 Å².